The minimum atomic E-state index is -0.561. The Hall–Kier alpha value is -3.15. The van der Waals surface area contributed by atoms with Crippen molar-refractivity contribution in [2.24, 2.45) is 0 Å². The number of hydrogen-bond donors (Lipinski definition) is 2. The lowest BCUT2D eigenvalue weighted by atomic mass is 10.1. The molecule has 0 bridgehead atoms. The molecule has 1 amide bonds. The van der Waals surface area contributed by atoms with E-state index in [1.165, 1.54) is 10.9 Å². The monoisotopic (exact) mass is 404 g/mol. The third-order valence-electron chi connectivity index (χ3n) is 4.32. The quantitative estimate of drug-likeness (QED) is 0.434. The number of nitro benzene ring substituents is 1. The fourth-order valence-corrected chi connectivity index (χ4v) is 3.13. The zero-order chi connectivity index (χ0) is 20.1. The predicted molar refractivity (Wildman–Crippen MR) is 106 cm³/mol. The summed E-state index contributed by atoms with van der Waals surface area (Å²) >= 11 is 5.07. The fourth-order valence-electron chi connectivity index (χ4n) is 2.95. The number of aromatic nitrogens is 4. The maximum absolute atomic E-state index is 12.4. The van der Waals surface area contributed by atoms with Crippen molar-refractivity contribution in [3.63, 3.8) is 0 Å². The molecule has 0 atom stereocenters. The van der Waals surface area contributed by atoms with Gasteiger partial charge in [0.1, 0.15) is 5.69 Å². The zero-order valence-corrected chi connectivity index (χ0v) is 16.1. The second-order valence-electron chi connectivity index (χ2n) is 6.22. The number of carbonyl (C=O) groups excluding carboxylic acids is 1. The Morgan fingerprint density at radius 1 is 1.32 bits per heavy atom. The number of nitrogens with one attached hydrogen (secondary N) is 2. The second kappa shape index (κ2) is 8.69. The minimum Gasteiger partial charge on any atom is -0.366 e. The summed E-state index contributed by atoms with van der Waals surface area (Å²) in [4.78, 5) is 26.8. The smallest absolute Gasteiger partial charge is 0.293 e. The normalized spacial score (nSPS) is 13.8. The van der Waals surface area contributed by atoms with Crippen molar-refractivity contribution >= 4 is 40.6 Å². The molecule has 0 radical (unpaired) electrons. The van der Waals surface area contributed by atoms with Crippen molar-refractivity contribution < 1.29 is 9.72 Å². The topological polar surface area (TPSA) is 131 Å². The van der Waals surface area contributed by atoms with Crippen LogP contribution in [0.25, 0.3) is 0 Å². The third-order valence-corrected chi connectivity index (χ3v) is 4.52. The van der Waals surface area contributed by atoms with Crippen LogP contribution in [-0.2, 0) is 6.54 Å². The van der Waals surface area contributed by atoms with Crippen molar-refractivity contribution in [1.82, 2.24) is 25.5 Å². The van der Waals surface area contributed by atoms with E-state index in [1.54, 1.807) is 12.1 Å². The number of amides is 1. The van der Waals surface area contributed by atoms with Crippen molar-refractivity contribution in [2.75, 3.05) is 23.3 Å². The largest absolute Gasteiger partial charge is 0.366 e. The summed E-state index contributed by atoms with van der Waals surface area (Å²) in [7, 11) is 0. The summed E-state index contributed by atoms with van der Waals surface area (Å²) in [5.41, 5.74) is 0.574. The molecule has 3 rings (SSSR count). The first-order valence-corrected chi connectivity index (χ1v) is 9.32. The van der Waals surface area contributed by atoms with Gasteiger partial charge in [-0.2, -0.15) is 4.80 Å². The van der Waals surface area contributed by atoms with Gasteiger partial charge in [-0.3, -0.25) is 25.5 Å². The molecule has 11 nitrogen and oxygen atoms in total. The van der Waals surface area contributed by atoms with Crippen molar-refractivity contribution in [3.8, 4) is 0 Å². The fraction of sp³-hybridized carbons (Fsp3) is 0.438. The summed E-state index contributed by atoms with van der Waals surface area (Å²) in [6.07, 6.45) is 3.11. The van der Waals surface area contributed by atoms with Crippen molar-refractivity contribution in [2.45, 2.75) is 32.7 Å². The number of anilines is 2. The van der Waals surface area contributed by atoms with Gasteiger partial charge in [0, 0.05) is 24.7 Å². The molecule has 1 fully saturated rings. The van der Waals surface area contributed by atoms with E-state index in [0.717, 1.165) is 32.4 Å². The molecule has 28 heavy (non-hydrogen) atoms. The molecular formula is C16H20N8O3S. The van der Waals surface area contributed by atoms with Crippen LogP contribution in [0.15, 0.2) is 18.2 Å². The molecule has 1 saturated heterocycles. The summed E-state index contributed by atoms with van der Waals surface area (Å²) < 4.78 is 0. The van der Waals surface area contributed by atoms with E-state index in [1.807, 2.05) is 11.8 Å². The molecule has 1 aromatic heterocycles. The Labute approximate surface area is 166 Å². The summed E-state index contributed by atoms with van der Waals surface area (Å²) in [6, 6.07) is 4.44. The second-order valence-corrected chi connectivity index (χ2v) is 6.63. The van der Waals surface area contributed by atoms with Crippen LogP contribution in [0.4, 0.5) is 17.3 Å². The van der Waals surface area contributed by atoms with Crippen LogP contribution in [0, 0.1) is 10.1 Å². The third kappa shape index (κ3) is 4.57. The molecule has 2 heterocycles. The molecule has 0 unspecified atom stereocenters. The molecule has 1 aliphatic rings. The van der Waals surface area contributed by atoms with Crippen LogP contribution in [0.5, 0.6) is 0 Å². The first-order chi connectivity index (χ1) is 13.5. The summed E-state index contributed by atoms with van der Waals surface area (Å²) in [6.45, 7) is 3.94. The van der Waals surface area contributed by atoms with E-state index in [0.29, 0.717) is 12.2 Å². The molecule has 1 aliphatic heterocycles. The van der Waals surface area contributed by atoms with Crippen LogP contribution < -0.4 is 15.5 Å². The van der Waals surface area contributed by atoms with Crippen LogP contribution in [0.1, 0.15) is 36.5 Å². The van der Waals surface area contributed by atoms with Gasteiger partial charge in [0.05, 0.1) is 11.5 Å². The van der Waals surface area contributed by atoms with Gasteiger partial charge in [-0.25, -0.2) is 0 Å². The van der Waals surface area contributed by atoms with Crippen LogP contribution in [-0.4, -0.2) is 49.2 Å². The van der Waals surface area contributed by atoms with Crippen molar-refractivity contribution in [1.29, 1.82) is 0 Å². The van der Waals surface area contributed by atoms with Gasteiger partial charge in [0.25, 0.3) is 17.5 Å². The molecule has 0 aliphatic carbocycles. The van der Waals surface area contributed by atoms with E-state index in [4.69, 9.17) is 12.2 Å². The number of tetrazole rings is 1. The minimum absolute atomic E-state index is 0.0246. The highest BCUT2D eigenvalue weighted by atomic mass is 32.1. The number of aryl methyl sites for hydroxylation is 1. The molecule has 2 N–H and O–H groups in total. The number of benzene rings is 1. The number of piperidine rings is 1. The highest BCUT2D eigenvalue weighted by Crippen LogP contribution is 2.31. The average Bonchev–Trinajstić information content (AvgIpc) is 3.15. The molecule has 12 heteroatoms. The molecule has 0 saturated carbocycles. The average molecular weight is 404 g/mol. The maximum atomic E-state index is 12.4. The highest BCUT2D eigenvalue weighted by Gasteiger charge is 2.23. The van der Waals surface area contributed by atoms with Crippen LogP contribution >= 0.6 is 12.2 Å². The zero-order valence-electron chi connectivity index (χ0n) is 15.3. The van der Waals surface area contributed by atoms with Crippen LogP contribution in [0.2, 0.25) is 0 Å². The van der Waals surface area contributed by atoms with E-state index >= 15 is 0 Å². The standard InChI is InChI=1S/C16H20N8O3S/c1-2-23-20-15(19-21-23)18-16(28)17-14(25)11-6-7-12(13(10-11)24(26)27)22-8-4-3-5-9-22/h6-7,10H,2-5,8-9H2,1H3,(H2,17,18,20,25,28). The van der Waals surface area contributed by atoms with Gasteiger partial charge in [-0.05, 0) is 55.8 Å². The molecule has 0 spiro atoms. The van der Waals surface area contributed by atoms with Crippen LogP contribution in [0.3, 0.4) is 0 Å². The number of thiocarbonyl (C=S) groups is 1. The molecular weight excluding hydrogens is 384 g/mol. The lowest BCUT2D eigenvalue weighted by Gasteiger charge is -2.28. The van der Waals surface area contributed by atoms with E-state index in [9.17, 15) is 14.9 Å². The lowest BCUT2D eigenvalue weighted by molar-refractivity contribution is -0.384. The molecule has 2 aromatic rings. The Morgan fingerprint density at radius 2 is 2.07 bits per heavy atom. The Balaban J connectivity index is 1.71. The van der Waals surface area contributed by atoms with Gasteiger partial charge < -0.3 is 4.90 Å². The van der Waals surface area contributed by atoms with Gasteiger partial charge >= 0.3 is 0 Å². The number of nitro groups is 1. The molecule has 148 valence electrons. The summed E-state index contributed by atoms with van der Waals surface area (Å²) in [5.74, 6) is -0.410. The number of nitrogens with zero attached hydrogens (tertiary/aromatic N) is 6. The first-order valence-electron chi connectivity index (χ1n) is 8.91. The Kier molecular flexibility index (Phi) is 6.09. The van der Waals surface area contributed by atoms with E-state index < -0.39 is 10.8 Å². The number of hydrogen-bond acceptors (Lipinski definition) is 8. The maximum Gasteiger partial charge on any atom is 0.293 e. The Bertz CT molecular complexity index is 894. The molecule has 1 aromatic carbocycles. The van der Waals surface area contributed by atoms with Crippen molar-refractivity contribution in [3.05, 3.63) is 33.9 Å². The Morgan fingerprint density at radius 3 is 2.71 bits per heavy atom. The van der Waals surface area contributed by atoms with Gasteiger partial charge in [0.15, 0.2) is 5.11 Å². The van der Waals surface area contributed by atoms with Gasteiger partial charge in [0.2, 0.25) is 0 Å². The number of rotatable bonds is 5. The first kappa shape index (κ1) is 19.6. The summed E-state index contributed by atoms with van der Waals surface area (Å²) in [5, 5.41) is 28.1. The number of carbonyl (C=O) groups is 1. The van der Waals surface area contributed by atoms with Gasteiger partial charge in [-0.15, -0.1) is 5.10 Å². The van der Waals surface area contributed by atoms with E-state index in [2.05, 4.69) is 26.0 Å². The van der Waals surface area contributed by atoms with Gasteiger partial charge in [-0.1, -0.05) is 5.10 Å². The van der Waals surface area contributed by atoms with E-state index in [-0.39, 0.29) is 22.3 Å². The predicted octanol–water partition coefficient (Wildman–Crippen LogP) is 1.72. The highest BCUT2D eigenvalue weighted by molar-refractivity contribution is 7.80. The lowest BCUT2D eigenvalue weighted by Crippen LogP contribution is -2.34. The SMILES string of the molecule is CCn1nnc(NC(=S)NC(=O)c2ccc(N3CCCCC3)c([N+](=O)[O-])c2)n1.